The zero-order chi connectivity index (χ0) is 22.9. The van der Waals surface area contributed by atoms with Crippen molar-refractivity contribution in [2.45, 2.75) is 98.3 Å². The van der Waals surface area contributed by atoms with Crippen LogP contribution < -0.4 is 5.32 Å². The number of hydrogen-bond acceptors (Lipinski definition) is 4. The summed E-state index contributed by atoms with van der Waals surface area (Å²) in [6, 6.07) is 10.8. The quantitative estimate of drug-likeness (QED) is 0.525. The first-order valence-electron chi connectivity index (χ1n) is 11.1. The smallest absolute Gasteiger partial charge is 0.127 e. The molecule has 4 nitrogen and oxygen atoms in total. The minimum Gasteiger partial charge on any atom is -0.507 e. The molecule has 0 bridgehead atoms. The van der Waals surface area contributed by atoms with Gasteiger partial charge in [-0.05, 0) is 67.9 Å². The van der Waals surface area contributed by atoms with Crippen molar-refractivity contribution in [2.75, 3.05) is 5.32 Å². The molecule has 0 saturated carbocycles. The van der Waals surface area contributed by atoms with E-state index in [1.165, 1.54) is 5.56 Å². The number of aromatic hydroxyl groups is 1. The first kappa shape index (κ1) is 24.2. The van der Waals surface area contributed by atoms with Crippen molar-refractivity contribution >= 4 is 5.82 Å². The van der Waals surface area contributed by atoms with Crippen molar-refractivity contribution < 1.29 is 5.11 Å². The van der Waals surface area contributed by atoms with Gasteiger partial charge in [0.15, 0.2) is 0 Å². The van der Waals surface area contributed by atoms with E-state index >= 15 is 0 Å². The molecule has 166 valence electrons. The Balaban J connectivity index is 2.78. The minimum atomic E-state index is -0.205. The van der Waals surface area contributed by atoms with Crippen LogP contribution in [0.25, 0.3) is 0 Å². The normalized spacial score (nSPS) is 13.9. The number of benzene rings is 1. The Morgan fingerprint density at radius 1 is 0.900 bits per heavy atom. The van der Waals surface area contributed by atoms with Gasteiger partial charge in [-0.25, -0.2) is 4.98 Å². The summed E-state index contributed by atoms with van der Waals surface area (Å²) in [5.74, 6) is 1.17. The first-order valence-corrected chi connectivity index (χ1v) is 11.1. The minimum absolute atomic E-state index is 0.0293. The van der Waals surface area contributed by atoms with E-state index in [0.717, 1.165) is 16.9 Å². The summed E-state index contributed by atoms with van der Waals surface area (Å²) in [4.78, 5) is 6.89. The second-order valence-electron chi connectivity index (χ2n) is 10.9. The van der Waals surface area contributed by atoms with Crippen LogP contribution in [0, 0.1) is 0 Å². The van der Waals surface area contributed by atoms with Crippen molar-refractivity contribution in [3.8, 4) is 5.75 Å². The predicted molar refractivity (Wildman–Crippen MR) is 128 cm³/mol. The molecule has 0 aliphatic heterocycles. The van der Waals surface area contributed by atoms with Crippen LogP contribution in [0.3, 0.4) is 0 Å². The Kier molecular flexibility index (Phi) is 7.24. The van der Waals surface area contributed by atoms with Crippen molar-refractivity contribution in [2.24, 2.45) is 0 Å². The monoisotopic (exact) mass is 411 g/mol. The third-order valence-electron chi connectivity index (χ3n) is 5.55. The van der Waals surface area contributed by atoms with E-state index in [1.807, 2.05) is 18.2 Å². The maximum Gasteiger partial charge on any atom is 0.127 e. The molecule has 4 heteroatoms. The van der Waals surface area contributed by atoms with Crippen molar-refractivity contribution in [1.82, 2.24) is 9.88 Å². The van der Waals surface area contributed by atoms with Crippen molar-refractivity contribution in [1.29, 1.82) is 0 Å². The summed E-state index contributed by atoms with van der Waals surface area (Å²) in [5, 5.41) is 15.1. The van der Waals surface area contributed by atoms with Crippen LogP contribution in [-0.4, -0.2) is 27.1 Å². The maximum absolute atomic E-state index is 11.5. The van der Waals surface area contributed by atoms with E-state index in [9.17, 15) is 5.11 Å². The molecule has 2 aromatic rings. The van der Waals surface area contributed by atoms with Gasteiger partial charge in [0.1, 0.15) is 17.7 Å². The van der Waals surface area contributed by atoms with Crippen LogP contribution in [0.15, 0.2) is 36.5 Å². The molecule has 0 aliphatic rings. The highest BCUT2D eigenvalue weighted by Gasteiger charge is 2.32. The Labute approximate surface area is 183 Å². The predicted octanol–water partition coefficient (Wildman–Crippen LogP) is 6.61. The van der Waals surface area contributed by atoms with Gasteiger partial charge in [0, 0.05) is 23.8 Å². The molecule has 2 N–H and O–H groups in total. The molecule has 0 fully saturated rings. The summed E-state index contributed by atoms with van der Waals surface area (Å²) in [6.07, 6.45) is 1.59. The summed E-state index contributed by atoms with van der Waals surface area (Å²) in [7, 11) is 0. The molecule has 1 heterocycles. The molecule has 0 radical (unpaired) electrons. The average Bonchev–Trinajstić information content (AvgIpc) is 2.59. The van der Waals surface area contributed by atoms with Crippen molar-refractivity contribution in [3.05, 3.63) is 53.2 Å². The molecule has 0 saturated heterocycles. The SMILES string of the molecule is CC(C)N(C(C)C)[C@H](Nc1ccccn1)c1cc(C(C)(C)C)cc(C(C)(C)C)c1O. The number of nitrogens with zero attached hydrogens (tertiary/aromatic N) is 2. The highest BCUT2D eigenvalue weighted by atomic mass is 16.3. The van der Waals surface area contributed by atoms with Gasteiger partial charge in [0.05, 0.1) is 0 Å². The lowest BCUT2D eigenvalue weighted by molar-refractivity contribution is 0.125. The zero-order valence-corrected chi connectivity index (χ0v) is 20.5. The van der Waals surface area contributed by atoms with Crippen LogP contribution in [0.5, 0.6) is 5.75 Å². The number of hydrogen-bond donors (Lipinski definition) is 2. The fourth-order valence-corrected chi connectivity index (χ4v) is 3.96. The van der Waals surface area contributed by atoms with Crippen LogP contribution in [0.4, 0.5) is 5.82 Å². The zero-order valence-electron chi connectivity index (χ0n) is 20.5. The summed E-state index contributed by atoms with van der Waals surface area (Å²) < 4.78 is 0. The number of rotatable bonds is 6. The van der Waals surface area contributed by atoms with E-state index in [4.69, 9.17) is 0 Å². The van der Waals surface area contributed by atoms with E-state index in [-0.39, 0.29) is 29.1 Å². The highest BCUT2D eigenvalue weighted by Crippen LogP contribution is 2.42. The lowest BCUT2D eigenvalue weighted by Gasteiger charge is -2.40. The molecule has 30 heavy (non-hydrogen) atoms. The standard InChI is InChI=1S/C26H41N3O/c1-17(2)29(18(3)4)24(28-22-13-11-12-14-27-22)20-15-19(25(5,6)7)16-21(23(20)30)26(8,9)10/h11-18,24,30H,1-10H3,(H,27,28)/t24-/m0/s1. The van der Waals surface area contributed by atoms with Gasteiger partial charge in [-0.1, -0.05) is 53.7 Å². The van der Waals surface area contributed by atoms with E-state index < -0.39 is 0 Å². The summed E-state index contributed by atoms with van der Waals surface area (Å²) >= 11 is 0. The Hall–Kier alpha value is -2.07. The molecule has 0 aliphatic carbocycles. The first-order chi connectivity index (χ1) is 13.7. The van der Waals surface area contributed by atoms with Gasteiger partial charge < -0.3 is 10.4 Å². The lowest BCUT2D eigenvalue weighted by Crippen LogP contribution is -2.43. The maximum atomic E-state index is 11.5. The van der Waals surface area contributed by atoms with Gasteiger partial charge >= 0.3 is 0 Å². The largest absolute Gasteiger partial charge is 0.507 e. The number of phenolic OH excluding ortho intramolecular Hbond substituents is 1. The fraction of sp³-hybridized carbons (Fsp3) is 0.577. The van der Waals surface area contributed by atoms with Crippen LogP contribution in [0.2, 0.25) is 0 Å². The number of pyridine rings is 1. The van der Waals surface area contributed by atoms with Gasteiger partial charge in [-0.3, -0.25) is 4.90 Å². The lowest BCUT2D eigenvalue weighted by atomic mass is 9.78. The molecule has 1 aromatic carbocycles. The Morgan fingerprint density at radius 3 is 1.93 bits per heavy atom. The number of phenols is 1. The molecule has 1 aromatic heterocycles. The fourth-order valence-electron chi connectivity index (χ4n) is 3.96. The van der Waals surface area contributed by atoms with Crippen LogP contribution >= 0.6 is 0 Å². The average molecular weight is 412 g/mol. The van der Waals surface area contributed by atoms with E-state index in [0.29, 0.717) is 5.75 Å². The molecular formula is C26H41N3O. The molecule has 0 spiro atoms. The summed E-state index contributed by atoms with van der Waals surface area (Å²) in [5.41, 5.74) is 2.90. The third-order valence-corrected chi connectivity index (χ3v) is 5.55. The molecule has 1 atom stereocenters. The van der Waals surface area contributed by atoms with Crippen molar-refractivity contribution in [3.63, 3.8) is 0 Å². The van der Waals surface area contributed by atoms with Crippen LogP contribution in [-0.2, 0) is 10.8 Å². The second kappa shape index (κ2) is 8.97. The summed E-state index contributed by atoms with van der Waals surface area (Å²) in [6.45, 7) is 21.9. The van der Waals surface area contributed by atoms with Gasteiger partial charge in [-0.2, -0.15) is 0 Å². The second-order valence-corrected chi connectivity index (χ2v) is 10.9. The molecule has 2 rings (SSSR count). The van der Waals surface area contributed by atoms with E-state index in [1.54, 1.807) is 6.20 Å². The molecular weight excluding hydrogens is 370 g/mol. The molecule has 0 amide bonds. The van der Waals surface area contributed by atoms with E-state index in [2.05, 4.69) is 96.6 Å². The number of anilines is 1. The third kappa shape index (κ3) is 5.54. The number of nitrogens with one attached hydrogen (secondary N) is 1. The van der Waals surface area contributed by atoms with Gasteiger partial charge in [0.25, 0.3) is 0 Å². The number of aromatic nitrogens is 1. The Morgan fingerprint density at radius 2 is 1.50 bits per heavy atom. The topological polar surface area (TPSA) is 48.4 Å². The van der Waals surface area contributed by atoms with Crippen LogP contribution in [0.1, 0.15) is 92.1 Å². The molecule has 0 unspecified atom stereocenters. The highest BCUT2D eigenvalue weighted by molar-refractivity contribution is 5.52. The Bertz CT molecular complexity index is 822. The van der Waals surface area contributed by atoms with Gasteiger partial charge in [0.2, 0.25) is 0 Å². The van der Waals surface area contributed by atoms with Gasteiger partial charge in [-0.15, -0.1) is 0 Å².